The molecule has 9 nitrogen and oxygen atoms in total. The molecule has 0 aliphatic heterocycles. The third-order valence-corrected chi connectivity index (χ3v) is 4.74. The van der Waals surface area contributed by atoms with Crippen molar-refractivity contribution >= 4 is 21.7 Å². The van der Waals surface area contributed by atoms with Gasteiger partial charge in [-0.05, 0) is 18.4 Å². The van der Waals surface area contributed by atoms with E-state index >= 15 is 0 Å². The van der Waals surface area contributed by atoms with E-state index < -0.39 is 26.8 Å². The zero-order valence-corrected chi connectivity index (χ0v) is 14.4. The van der Waals surface area contributed by atoms with Crippen molar-refractivity contribution in [3.8, 4) is 5.75 Å². The van der Waals surface area contributed by atoms with Gasteiger partial charge in [0.2, 0.25) is 10.0 Å². The first-order valence-electron chi connectivity index (χ1n) is 7.13. The highest BCUT2D eigenvalue weighted by molar-refractivity contribution is 7.89. The van der Waals surface area contributed by atoms with E-state index in [1.165, 1.54) is 7.11 Å². The topological polar surface area (TPSA) is 136 Å². The Kier molecular flexibility index (Phi) is 6.67. The van der Waals surface area contributed by atoms with Crippen LogP contribution in [0.2, 0.25) is 0 Å². The van der Waals surface area contributed by atoms with E-state index in [1.54, 1.807) is 0 Å². The molecule has 0 aliphatic rings. The Balaban J connectivity index is 3.03. The van der Waals surface area contributed by atoms with Gasteiger partial charge in [0.25, 0.3) is 5.69 Å². The van der Waals surface area contributed by atoms with Crippen molar-refractivity contribution in [3.05, 3.63) is 28.3 Å². The predicted molar refractivity (Wildman–Crippen MR) is 85.4 cm³/mol. The number of carboxylic acids is 1. The highest BCUT2D eigenvalue weighted by Crippen LogP contribution is 2.28. The molecule has 1 rings (SSSR count). The summed E-state index contributed by atoms with van der Waals surface area (Å²) in [5, 5.41) is 19.9. The summed E-state index contributed by atoms with van der Waals surface area (Å²) < 4.78 is 31.8. The Morgan fingerprint density at radius 3 is 2.50 bits per heavy atom. The van der Waals surface area contributed by atoms with E-state index in [4.69, 9.17) is 9.84 Å². The van der Waals surface area contributed by atoms with Crippen LogP contribution in [0.1, 0.15) is 20.3 Å². The average Bonchev–Trinajstić information content (AvgIpc) is 2.50. The van der Waals surface area contributed by atoms with Crippen molar-refractivity contribution in [2.75, 3.05) is 13.7 Å². The number of rotatable bonds is 9. The molecule has 0 heterocycles. The monoisotopic (exact) mass is 360 g/mol. The standard InChI is InChI=1S/C14H20N2O7S/c1-9(2)6-10(14(17)18)8-15-24(21,22)13-5-4-11(16(19)20)7-12(13)23-3/h4-5,7,9-10,15H,6,8H2,1-3H3,(H,17,18). The van der Waals surface area contributed by atoms with E-state index in [1.807, 2.05) is 13.8 Å². The van der Waals surface area contributed by atoms with Gasteiger partial charge >= 0.3 is 5.97 Å². The lowest BCUT2D eigenvalue weighted by molar-refractivity contribution is -0.385. The Morgan fingerprint density at radius 1 is 1.42 bits per heavy atom. The molecule has 0 amide bonds. The molecule has 0 saturated carbocycles. The van der Waals surface area contributed by atoms with Crippen molar-refractivity contribution < 1.29 is 28.0 Å². The fourth-order valence-electron chi connectivity index (χ4n) is 2.12. The minimum absolute atomic E-state index is 0.0875. The molecule has 24 heavy (non-hydrogen) atoms. The van der Waals surface area contributed by atoms with Crippen molar-refractivity contribution in [3.63, 3.8) is 0 Å². The number of aliphatic carboxylic acids is 1. The summed E-state index contributed by atoms with van der Waals surface area (Å²) in [6.07, 6.45) is 0.315. The fraction of sp³-hybridized carbons (Fsp3) is 0.500. The molecule has 0 aromatic heterocycles. The van der Waals surface area contributed by atoms with E-state index in [2.05, 4.69) is 4.72 Å². The number of nitrogens with zero attached hydrogens (tertiary/aromatic N) is 1. The van der Waals surface area contributed by atoms with Crippen molar-refractivity contribution in [1.82, 2.24) is 4.72 Å². The van der Waals surface area contributed by atoms with Crippen molar-refractivity contribution in [2.45, 2.75) is 25.2 Å². The molecular formula is C14H20N2O7S. The third kappa shape index (κ3) is 5.17. The SMILES string of the molecule is COc1cc([N+](=O)[O-])ccc1S(=O)(=O)NCC(CC(C)C)C(=O)O. The number of carboxylic acid groups (broad SMARTS) is 1. The molecule has 10 heteroatoms. The molecule has 1 aromatic carbocycles. The van der Waals surface area contributed by atoms with Crippen LogP contribution in [0.3, 0.4) is 0 Å². The zero-order valence-electron chi connectivity index (χ0n) is 13.6. The molecule has 1 atom stereocenters. The Bertz CT molecular complexity index is 716. The predicted octanol–water partition coefficient (Wildman–Crippen LogP) is 1.63. The molecule has 0 bridgehead atoms. The second-order valence-electron chi connectivity index (χ2n) is 5.61. The summed E-state index contributed by atoms with van der Waals surface area (Å²) in [4.78, 5) is 21.0. The summed E-state index contributed by atoms with van der Waals surface area (Å²) in [6.45, 7) is 3.39. The van der Waals surface area contributed by atoms with Gasteiger partial charge in [0.15, 0.2) is 0 Å². The normalized spacial score (nSPS) is 12.8. The van der Waals surface area contributed by atoms with E-state index in [-0.39, 0.29) is 28.8 Å². The average molecular weight is 360 g/mol. The number of ether oxygens (including phenoxy) is 1. The lowest BCUT2D eigenvalue weighted by atomic mass is 9.98. The fourth-order valence-corrected chi connectivity index (χ4v) is 3.35. The molecule has 134 valence electrons. The maximum Gasteiger partial charge on any atom is 0.307 e. The number of methoxy groups -OCH3 is 1. The van der Waals surface area contributed by atoms with Gasteiger partial charge in [0.1, 0.15) is 10.6 Å². The third-order valence-electron chi connectivity index (χ3n) is 3.27. The van der Waals surface area contributed by atoms with Gasteiger partial charge in [-0.15, -0.1) is 0 Å². The molecule has 0 fully saturated rings. The number of sulfonamides is 1. The van der Waals surface area contributed by atoms with Gasteiger partial charge in [-0.2, -0.15) is 0 Å². The number of hydrogen-bond acceptors (Lipinski definition) is 6. The van der Waals surface area contributed by atoms with E-state index in [9.17, 15) is 23.3 Å². The highest BCUT2D eigenvalue weighted by atomic mass is 32.2. The molecule has 1 aromatic rings. The van der Waals surface area contributed by atoms with Crippen LogP contribution in [0, 0.1) is 22.0 Å². The van der Waals surface area contributed by atoms with Gasteiger partial charge in [-0.25, -0.2) is 13.1 Å². The van der Waals surface area contributed by atoms with Crippen LogP contribution < -0.4 is 9.46 Å². The minimum Gasteiger partial charge on any atom is -0.495 e. The largest absolute Gasteiger partial charge is 0.495 e. The number of carbonyl (C=O) groups is 1. The first kappa shape index (κ1) is 19.8. The summed E-state index contributed by atoms with van der Waals surface area (Å²) in [5.74, 6) is -2.07. The Morgan fingerprint density at radius 2 is 2.04 bits per heavy atom. The Hall–Kier alpha value is -2.20. The van der Waals surface area contributed by atoms with Gasteiger partial charge in [-0.3, -0.25) is 14.9 Å². The summed E-state index contributed by atoms with van der Waals surface area (Å²) in [5.41, 5.74) is -0.311. The first-order valence-corrected chi connectivity index (χ1v) is 8.61. The second kappa shape index (κ2) is 8.06. The molecule has 0 spiro atoms. The summed E-state index contributed by atoms with van der Waals surface area (Å²) in [7, 11) is -2.88. The number of nitro groups is 1. The zero-order chi connectivity index (χ0) is 18.5. The van der Waals surface area contributed by atoms with Crippen LogP contribution in [0.4, 0.5) is 5.69 Å². The van der Waals surface area contributed by atoms with Gasteiger partial charge in [-0.1, -0.05) is 13.8 Å². The van der Waals surface area contributed by atoms with E-state index in [0.717, 1.165) is 18.2 Å². The lowest BCUT2D eigenvalue weighted by Gasteiger charge is -2.16. The van der Waals surface area contributed by atoms with Crippen molar-refractivity contribution in [1.29, 1.82) is 0 Å². The van der Waals surface area contributed by atoms with Crippen LogP contribution in [-0.2, 0) is 14.8 Å². The Labute approximate surface area is 139 Å². The maximum absolute atomic E-state index is 12.4. The van der Waals surface area contributed by atoms with Crippen LogP contribution in [0.5, 0.6) is 5.75 Å². The maximum atomic E-state index is 12.4. The molecule has 0 aliphatic carbocycles. The molecule has 0 radical (unpaired) electrons. The van der Waals surface area contributed by atoms with Gasteiger partial charge in [0.05, 0.1) is 24.0 Å². The van der Waals surface area contributed by atoms with Crippen LogP contribution >= 0.6 is 0 Å². The first-order chi connectivity index (χ1) is 11.1. The number of non-ortho nitro benzene ring substituents is 1. The van der Waals surface area contributed by atoms with Crippen molar-refractivity contribution in [2.24, 2.45) is 11.8 Å². The van der Waals surface area contributed by atoms with E-state index in [0.29, 0.717) is 6.42 Å². The summed E-state index contributed by atoms with van der Waals surface area (Å²) >= 11 is 0. The van der Waals surface area contributed by atoms with Gasteiger partial charge in [0, 0.05) is 12.6 Å². The number of hydrogen-bond donors (Lipinski definition) is 2. The van der Waals surface area contributed by atoms with Crippen LogP contribution in [-0.4, -0.2) is 38.1 Å². The second-order valence-corrected chi connectivity index (χ2v) is 7.34. The smallest absolute Gasteiger partial charge is 0.307 e. The number of nitro benzene ring substituents is 1. The number of nitrogens with one attached hydrogen (secondary N) is 1. The number of benzene rings is 1. The lowest BCUT2D eigenvalue weighted by Crippen LogP contribution is -2.33. The van der Waals surface area contributed by atoms with Crippen LogP contribution in [0.15, 0.2) is 23.1 Å². The molecule has 2 N–H and O–H groups in total. The molecule has 1 unspecified atom stereocenters. The van der Waals surface area contributed by atoms with Crippen LogP contribution in [0.25, 0.3) is 0 Å². The summed E-state index contributed by atoms with van der Waals surface area (Å²) in [6, 6.07) is 3.09. The molecular weight excluding hydrogens is 340 g/mol. The highest BCUT2D eigenvalue weighted by Gasteiger charge is 2.26. The minimum atomic E-state index is -4.07. The van der Waals surface area contributed by atoms with Gasteiger partial charge < -0.3 is 9.84 Å². The molecule has 0 saturated heterocycles. The quantitative estimate of drug-likeness (QED) is 0.504.